The van der Waals surface area contributed by atoms with Gasteiger partial charge in [-0.1, -0.05) is 11.6 Å². The Hall–Kier alpha value is -1.32. The maximum absolute atomic E-state index is 12.6. The Morgan fingerprint density at radius 3 is 2.41 bits per heavy atom. The molecule has 1 aliphatic carbocycles. The van der Waals surface area contributed by atoms with Crippen molar-refractivity contribution in [3.8, 4) is 0 Å². The predicted octanol–water partition coefficient (Wildman–Crippen LogP) is 3.68. The Balaban J connectivity index is 2.50. The smallest absolute Gasteiger partial charge is 0.211 e. The zero-order valence-corrected chi connectivity index (χ0v) is 9.27. The first-order valence-corrected chi connectivity index (χ1v) is 5.22. The molecule has 2 rings (SSSR count). The number of rotatable bonds is 2. The lowest BCUT2D eigenvalue weighted by atomic mass is 10.0. The second-order valence-corrected chi connectivity index (χ2v) is 4.40. The summed E-state index contributed by atoms with van der Waals surface area (Å²) in [6.45, 7) is 0. The lowest BCUT2D eigenvalue weighted by molar-refractivity contribution is -0.137. The van der Waals surface area contributed by atoms with Gasteiger partial charge in [0.15, 0.2) is 0 Å². The molecule has 1 fully saturated rings. The fourth-order valence-electron chi connectivity index (χ4n) is 1.69. The second-order valence-electron chi connectivity index (χ2n) is 3.96. The minimum absolute atomic E-state index is 0.0119. The summed E-state index contributed by atoms with van der Waals surface area (Å²) in [5.41, 5.74) is -1.35. The average molecular weight is 262 g/mol. The molecule has 0 bridgehead atoms. The highest BCUT2D eigenvalue weighted by Crippen LogP contribution is 2.50. The van der Waals surface area contributed by atoms with Crippen LogP contribution in [0.25, 0.3) is 0 Å². The van der Waals surface area contributed by atoms with Crippen molar-refractivity contribution in [2.45, 2.75) is 24.6 Å². The Labute approximate surface area is 100 Å². The summed E-state index contributed by atoms with van der Waals surface area (Å²) < 4.78 is 37.7. The summed E-state index contributed by atoms with van der Waals surface area (Å²) in [6.07, 6.45) is -1.98. The molecule has 0 radical (unpaired) electrons. The molecular formula is C11H7ClF3NO. The van der Waals surface area contributed by atoms with Crippen LogP contribution >= 0.6 is 11.6 Å². The van der Waals surface area contributed by atoms with Crippen molar-refractivity contribution in [3.05, 3.63) is 34.3 Å². The number of benzene rings is 1. The van der Waals surface area contributed by atoms with Crippen molar-refractivity contribution in [2.75, 3.05) is 0 Å². The molecule has 1 saturated carbocycles. The molecule has 0 aromatic heterocycles. The van der Waals surface area contributed by atoms with Gasteiger partial charge in [-0.15, -0.1) is 0 Å². The molecule has 0 amide bonds. The van der Waals surface area contributed by atoms with Crippen LogP contribution in [0.4, 0.5) is 13.2 Å². The number of hydrogen-bond acceptors (Lipinski definition) is 2. The van der Waals surface area contributed by atoms with Crippen LogP contribution in [0.3, 0.4) is 0 Å². The topological polar surface area (TPSA) is 29.4 Å². The monoisotopic (exact) mass is 261 g/mol. The van der Waals surface area contributed by atoms with Crippen molar-refractivity contribution in [3.63, 3.8) is 0 Å². The third-order valence-electron chi connectivity index (χ3n) is 2.75. The average Bonchev–Trinajstić information content (AvgIpc) is 2.97. The molecule has 1 aromatic rings. The molecule has 2 nitrogen and oxygen atoms in total. The highest BCUT2D eigenvalue weighted by Gasteiger charge is 2.46. The van der Waals surface area contributed by atoms with Crippen molar-refractivity contribution in [1.29, 1.82) is 0 Å². The largest absolute Gasteiger partial charge is 0.416 e. The van der Waals surface area contributed by atoms with Gasteiger partial charge in [-0.25, -0.2) is 4.79 Å². The zero-order chi connectivity index (χ0) is 12.7. The lowest BCUT2D eigenvalue weighted by Crippen LogP contribution is -2.09. The molecule has 0 spiro atoms. The molecule has 0 unspecified atom stereocenters. The number of alkyl halides is 3. The molecule has 1 aliphatic rings. The maximum atomic E-state index is 12.6. The molecular weight excluding hydrogens is 255 g/mol. The minimum Gasteiger partial charge on any atom is -0.211 e. The lowest BCUT2D eigenvalue weighted by Gasteiger charge is -2.13. The van der Waals surface area contributed by atoms with Crippen LogP contribution in [0.2, 0.25) is 5.02 Å². The van der Waals surface area contributed by atoms with E-state index in [-0.39, 0.29) is 5.02 Å². The number of hydrogen-bond donors (Lipinski definition) is 0. The van der Waals surface area contributed by atoms with Crippen molar-refractivity contribution < 1.29 is 18.0 Å². The Bertz CT molecular complexity index is 502. The van der Waals surface area contributed by atoms with E-state index in [0.717, 1.165) is 12.1 Å². The van der Waals surface area contributed by atoms with Gasteiger partial charge < -0.3 is 0 Å². The second kappa shape index (κ2) is 3.86. The van der Waals surface area contributed by atoms with Gasteiger partial charge in [0.25, 0.3) is 0 Å². The van der Waals surface area contributed by atoms with Crippen LogP contribution < -0.4 is 0 Å². The zero-order valence-electron chi connectivity index (χ0n) is 8.51. The van der Waals surface area contributed by atoms with Crippen molar-refractivity contribution in [2.24, 2.45) is 4.99 Å². The van der Waals surface area contributed by atoms with Crippen LogP contribution in [-0.2, 0) is 16.5 Å². The van der Waals surface area contributed by atoms with Crippen molar-refractivity contribution >= 4 is 17.7 Å². The molecule has 6 heteroatoms. The van der Waals surface area contributed by atoms with Crippen LogP contribution in [0.5, 0.6) is 0 Å². The highest BCUT2D eigenvalue weighted by molar-refractivity contribution is 6.30. The first-order valence-electron chi connectivity index (χ1n) is 4.85. The number of aliphatic imine (C=N–C) groups is 1. The van der Waals surface area contributed by atoms with E-state index in [1.807, 2.05) is 0 Å². The quantitative estimate of drug-likeness (QED) is 0.590. The van der Waals surface area contributed by atoms with E-state index in [0.29, 0.717) is 18.4 Å². The van der Waals surface area contributed by atoms with Gasteiger partial charge in [0.2, 0.25) is 6.08 Å². The first kappa shape index (κ1) is 12.1. The Kier molecular flexibility index (Phi) is 2.76. The summed E-state index contributed by atoms with van der Waals surface area (Å²) in [6, 6.07) is 3.25. The van der Waals surface area contributed by atoms with E-state index < -0.39 is 17.3 Å². The van der Waals surface area contributed by atoms with Gasteiger partial charge in [-0.05, 0) is 36.6 Å². The van der Waals surface area contributed by atoms with E-state index in [9.17, 15) is 18.0 Å². The van der Waals surface area contributed by atoms with E-state index >= 15 is 0 Å². The fourth-order valence-corrected chi connectivity index (χ4v) is 1.93. The summed E-state index contributed by atoms with van der Waals surface area (Å²) >= 11 is 5.65. The van der Waals surface area contributed by atoms with Gasteiger partial charge in [0, 0.05) is 5.02 Å². The molecule has 0 aliphatic heterocycles. The fraction of sp³-hybridized carbons (Fsp3) is 0.364. The minimum atomic E-state index is -4.46. The van der Waals surface area contributed by atoms with E-state index in [2.05, 4.69) is 4.99 Å². The number of halogens is 4. The highest BCUT2D eigenvalue weighted by atomic mass is 35.5. The predicted molar refractivity (Wildman–Crippen MR) is 55.5 cm³/mol. The van der Waals surface area contributed by atoms with Gasteiger partial charge >= 0.3 is 6.18 Å². The molecule has 0 atom stereocenters. The summed E-state index contributed by atoms with van der Waals surface area (Å²) in [7, 11) is 0. The van der Waals surface area contributed by atoms with E-state index in [1.54, 1.807) is 0 Å². The normalized spacial score (nSPS) is 17.4. The van der Waals surface area contributed by atoms with E-state index in [1.165, 1.54) is 12.1 Å². The molecule has 17 heavy (non-hydrogen) atoms. The first-order chi connectivity index (χ1) is 7.87. The van der Waals surface area contributed by atoms with Crippen LogP contribution in [0.1, 0.15) is 24.0 Å². The molecule has 0 saturated heterocycles. The van der Waals surface area contributed by atoms with Crippen LogP contribution in [-0.4, -0.2) is 6.08 Å². The van der Waals surface area contributed by atoms with Gasteiger partial charge in [-0.3, -0.25) is 0 Å². The third-order valence-corrected chi connectivity index (χ3v) is 2.96. The molecule has 0 heterocycles. The van der Waals surface area contributed by atoms with Gasteiger partial charge in [0.1, 0.15) is 0 Å². The summed E-state index contributed by atoms with van der Waals surface area (Å²) in [4.78, 5) is 13.8. The van der Waals surface area contributed by atoms with Gasteiger partial charge in [0.05, 0.1) is 11.1 Å². The number of isocyanates is 1. The maximum Gasteiger partial charge on any atom is 0.416 e. The Morgan fingerprint density at radius 2 is 1.94 bits per heavy atom. The van der Waals surface area contributed by atoms with Crippen LogP contribution in [0.15, 0.2) is 23.2 Å². The van der Waals surface area contributed by atoms with Gasteiger partial charge in [-0.2, -0.15) is 18.2 Å². The SMILES string of the molecule is O=C=NC1(c2cc(Cl)cc(C(F)(F)F)c2)CC1. The number of nitrogens with zero attached hydrogens (tertiary/aromatic N) is 1. The van der Waals surface area contributed by atoms with E-state index in [4.69, 9.17) is 11.6 Å². The standard InChI is InChI=1S/C11H7ClF3NO/c12-9-4-7(10(1-2-10)16-6-17)3-8(5-9)11(13,14)15/h3-5H,1-2H2. The third kappa shape index (κ3) is 2.35. The summed E-state index contributed by atoms with van der Waals surface area (Å²) in [5.74, 6) is 0. The van der Waals surface area contributed by atoms with Crippen molar-refractivity contribution in [1.82, 2.24) is 0 Å². The number of carbonyl (C=O) groups excluding carboxylic acids is 1. The summed E-state index contributed by atoms with van der Waals surface area (Å²) in [5, 5.41) is -0.0119. The molecule has 90 valence electrons. The molecule has 1 aromatic carbocycles. The Morgan fingerprint density at radius 1 is 1.29 bits per heavy atom. The molecule has 0 N–H and O–H groups in total. The van der Waals surface area contributed by atoms with Crippen LogP contribution in [0, 0.1) is 0 Å².